The van der Waals surface area contributed by atoms with E-state index in [-0.39, 0.29) is 17.7 Å². The van der Waals surface area contributed by atoms with E-state index in [1.165, 1.54) is 0 Å². The van der Waals surface area contributed by atoms with E-state index in [4.69, 9.17) is 0 Å². The molecular formula is C17H25N3O2. The summed E-state index contributed by atoms with van der Waals surface area (Å²) in [5.74, 6) is 1.17. The fraction of sp³-hybridized carbons (Fsp3) is 0.647. The topological polar surface area (TPSA) is 58.4 Å². The molecule has 3 unspecified atom stereocenters. The lowest BCUT2D eigenvalue weighted by Crippen LogP contribution is -2.44. The molecule has 1 aromatic rings. The minimum Gasteiger partial charge on any atom is -0.385 e. The summed E-state index contributed by atoms with van der Waals surface area (Å²) in [6, 6.07) is 0. The molecular weight excluding hydrogens is 278 g/mol. The van der Waals surface area contributed by atoms with Crippen LogP contribution >= 0.6 is 0 Å². The van der Waals surface area contributed by atoms with E-state index >= 15 is 0 Å². The van der Waals surface area contributed by atoms with Gasteiger partial charge in [-0.25, -0.2) is 4.98 Å². The summed E-state index contributed by atoms with van der Waals surface area (Å²) in [6.45, 7) is 1.47. The van der Waals surface area contributed by atoms with Gasteiger partial charge in [0.1, 0.15) is 11.9 Å². The number of carbonyl (C=O) groups is 1. The molecule has 120 valence electrons. The number of aliphatic hydroxyl groups excluding tert-OH is 1. The van der Waals surface area contributed by atoms with Crippen LogP contribution in [0.15, 0.2) is 24.5 Å². The number of likely N-dealkylation sites (tertiary alicyclic amines) is 1. The van der Waals surface area contributed by atoms with Gasteiger partial charge in [-0.15, -0.1) is 0 Å². The first-order chi connectivity index (χ1) is 10.7. The molecule has 1 amide bonds. The first kappa shape index (κ1) is 15.3. The fourth-order valence-corrected chi connectivity index (χ4v) is 3.62. The molecule has 0 radical (unpaired) electrons. The Morgan fingerprint density at radius 1 is 1.41 bits per heavy atom. The van der Waals surface area contributed by atoms with Gasteiger partial charge >= 0.3 is 0 Å². The molecule has 3 rings (SSSR count). The molecule has 2 heterocycles. The summed E-state index contributed by atoms with van der Waals surface area (Å²) >= 11 is 0. The Bertz CT molecular complexity index is 552. The average molecular weight is 303 g/mol. The number of amides is 1. The Kier molecular flexibility index (Phi) is 4.62. The summed E-state index contributed by atoms with van der Waals surface area (Å²) in [6.07, 6.45) is 12.0. The SMILES string of the molecule is Cn1ccnc1C(O)C1CCCN(C(=O)C2CC=CCC2)C1. The van der Waals surface area contributed by atoms with Crippen molar-refractivity contribution in [3.05, 3.63) is 30.4 Å². The van der Waals surface area contributed by atoms with Crippen molar-refractivity contribution in [3.8, 4) is 0 Å². The number of nitrogens with zero attached hydrogens (tertiary/aromatic N) is 3. The fourth-order valence-electron chi connectivity index (χ4n) is 3.62. The van der Waals surface area contributed by atoms with Crippen molar-refractivity contribution in [1.82, 2.24) is 14.5 Å². The highest BCUT2D eigenvalue weighted by atomic mass is 16.3. The molecule has 5 heteroatoms. The number of rotatable bonds is 3. The zero-order valence-electron chi connectivity index (χ0n) is 13.2. The number of hydrogen-bond acceptors (Lipinski definition) is 3. The van der Waals surface area contributed by atoms with Crippen molar-refractivity contribution < 1.29 is 9.90 Å². The Morgan fingerprint density at radius 3 is 2.95 bits per heavy atom. The molecule has 0 bridgehead atoms. The first-order valence-electron chi connectivity index (χ1n) is 8.26. The van der Waals surface area contributed by atoms with Crippen LogP contribution in [0, 0.1) is 11.8 Å². The Hall–Kier alpha value is -1.62. The molecule has 1 N–H and O–H groups in total. The van der Waals surface area contributed by atoms with Crippen LogP contribution in [-0.2, 0) is 11.8 Å². The smallest absolute Gasteiger partial charge is 0.226 e. The van der Waals surface area contributed by atoms with Crippen molar-refractivity contribution in [2.24, 2.45) is 18.9 Å². The van der Waals surface area contributed by atoms with Crippen molar-refractivity contribution in [2.75, 3.05) is 13.1 Å². The van der Waals surface area contributed by atoms with Crippen molar-refractivity contribution in [1.29, 1.82) is 0 Å². The first-order valence-corrected chi connectivity index (χ1v) is 8.26. The van der Waals surface area contributed by atoms with Crippen molar-refractivity contribution in [3.63, 3.8) is 0 Å². The van der Waals surface area contributed by atoms with E-state index in [1.54, 1.807) is 6.20 Å². The quantitative estimate of drug-likeness (QED) is 0.870. The van der Waals surface area contributed by atoms with Gasteiger partial charge < -0.3 is 14.6 Å². The molecule has 22 heavy (non-hydrogen) atoms. The van der Waals surface area contributed by atoms with Gasteiger partial charge in [-0.1, -0.05) is 12.2 Å². The maximum Gasteiger partial charge on any atom is 0.226 e. The predicted molar refractivity (Wildman–Crippen MR) is 84.0 cm³/mol. The second kappa shape index (κ2) is 6.65. The molecule has 1 aliphatic heterocycles. The number of carbonyl (C=O) groups excluding carboxylic acids is 1. The third-order valence-corrected chi connectivity index (χ3v) is 4.96. The van der Waals surface area contributed by atoms with Gasteiger partial charge in [-0.3, -0.25) is 4.79 Å². The van der Waals surface area contributed by atoms with Crippen LogP contribution in [0.2, 0.25) is 0 Å². The van der Waals surface area contributed by atoms with Crippen LogP contribution in [0.25, 0.3) is 0 Å². The minimum absolute atomic E-state index is 0.0814. The molecule has 0 saturated carbocycles. The van der Waals surface area contributed by atoms with Gasteiger partial charge in [0.05, 0.1) is 0 Å². The number of imidazole rings is 1. The van der Waals surface area contributed by atoms with E-state index in [0.717, 1.165) is 38.6 Å². The van der Waals surface area contributed by atoms with Crippen LogP contribution in [0.5, 0.6) is 0 Å². The average Bonchev–Trinajstić information content (AvgIpc) is 3.00. The molecule has 3 atom stereocenters. The molecule has 1 aromatic heterocycles. The number of hydrogen-bond donors (Lipinski definition) is 1. The zero-order valence-corrected chi connectivity index (χ0v) is 13.2. The standard InChI is InChI=1S/C17H25N3O2/c1-19-11-9-18-16(19)15(21)14-8-5-10-20(12-14)17(22)13-6-3-2-4-7-13/h2-3,9,11,13-15,21H,4-8,10,12H2,1H3. The Morgan fingerprint density at radius 2 is 2.27 bits per heavy atom. The largest absolute Gasteiger partial charge is 0.385 e. The third-order valence-electron chi connectivity index (χ3n) is 4.96. The molecule has 0 spiro atoms. The van der Waals surface area contributed by atoms with Crippen LogP contribution in [0.4, 0.5) is 0 Å². The van der Waals surface area contributed by atoms with Gasteiger partial charge in [-0.2, -0.15) is 0 Å². The minimum atomic E-state index is -0.596. The number of allylic oxidation sites excluding steroid dienone is 2. The molecule has 1 saturated heterocycles. The van der Waals surface area contributed by atoms with E-state index in [1.807, 2.05) is 22.7 Å². The van der Waals surface area contributed by atoms with Gasteiger partial charge in [0.2, 0.25) is 5.91 Å². The lowest BCUT2D eigenvalue weighted by Gasteiger charge is -2.37. The zero-order chi connectivity index (χ0) is 15.5. The number of aryl methyl sites for hydroxylation is 1. The molecule has 1 fully saturated rings. The second-order valence-corrected chi connectivity index (χ2v) is 6.51. The van der Waals surface area contributed by atoms with E-state index in [0.29, 0.717) is 12.4 Å². The van der Waals surface area contributed by atoms with Gasteiger partial charge in [0.25, 0.3) is 0 Å². The monoisotopic (exact) mass is 303 g/mol. The summed E-state index contributed by atoms with van der Waals surface area (Å²) in [5, 5.41) is 10.6. The van der Waals surface area contributed by atoms with Crippen molar-refractivity contribution in [2.45, 2.75) is 38.2 Å². The van der Waals surface area contributed by atoms with Crippen LogP contribution < -0.4 is 0 Å². The highest BCUT2D eigenvalue weighted by Crippen LogP contribution is 2.30. The van der Waals surface area contributed by atoms with Gasteiger partial charge in [-0.05, 0) is 32.1 Å². The summed E-state index contributed by atoms with van der Waals surface area (Å²) in [4.78, 5) is 18.9. The van der Waals surface area contributed by atoms with E-state index in [2.05, 4.69) is 17.1 Å². The van der Waals surface area contributed by atoms with Crippen LogP contribution in [0.3, 0.4) is 0 Å². The van der Waals surface area contributed by atoms with Gasteiger partial charge in [0, 0.05) is 44.4 Å². The second-order valence-electron chi connectivity index (χ2n) is 6.51. The van der Waals surface area contributed by atoms with Gasteiger partial charge in [0.15, 0.2) is 0 Å². The van der Waals surface area contributed by atoms with Crippen molar-refractivity contribution >= 4 is 5.91 Å². The van der Waals surface area contributed by atoms with Crippen LogP contribution in [0.1, 0.15) is 44.0 Å². The van der Waals surface area contributed by atoms with E-state index < -0.39 is 6.10 Å². The maximum atomic E-state index is 12.7. The summed E-state index contributed by atoms with van der Waals surface area (Å²) in [5.41, 5.74) is 0. The molecule has 5 nitrogen and oxygen atoms in total. The summed E-state index contributed by atoms with van der Waals surface area (Å²) in [7, 11) is 1.89. The molecule has 0 aromatic carbocycles. The highest BCUT2D eigenvalue weighted by molar-refractivity contribution is 5.79. The Labute approximate surface area is 131 Å². The predicted octanol–water partition coefficient (Wildman–Crippen LogP) is 2.05. The maximum absolute atomic E-state index is 12.7. The number of aliphatic hydroxyl groups is 1. The lowest BCUT2D eigenvalue weighted by atomic mass is 9.88. The molecule has 2 aliphatic rings. The lowest BCUT2D eigenvalue weighted by molar-refractivity contribution is -0.138. The number of aromatic nitrogens is 2. The normalized spacial score (nSPS) is 26.9. The van der Waals surface area contributed by atoms with E-state index in [9.17, 15) is 9.90 Å². The highest BCUT2D eigenvalue weighted by Gasteiger charge is 2.33. The number of piperidine rings is 1. The summed E-state index contributed by atoms with van der Waals surface area (Å²) < 4.78 is 1.86. The Balaban J connectivity index is 1.65. The third kappa shape index (κ3) is 3.09. The van der Waals surface area contributed by atoms with Crippen LogP contribution in [-0.4, -0.2) is 38.6 Å². The molecule has 1 aliphatic carbocycles.